The maximum Gasteiger partial charge on any atom is 0.245 e. The van der Waals surface area contributed by atoms with Gasteiger partial charge in [0, 0.05) is 25.7 Å². The van der Waals surface area contributed by atoms with E-state index in [-0.39, 0.29) is 15.3 Å². The van der Waals surface area contributed by atoms with Gasteiger partial charge in [0.2, 0.25) is 10.0 Å². The van der Waals surface area contributed by atoms with Crippen LogP contribution in [0.25, 0.3) is 0 Å². The summed E-state index contributed by atoms with van der Waals surface area (Å²) in [6, 6.07) is 1.34. The average Bonchev–Trinajstić information content (AvgIpc) is 2.59. The van der Waals surface area contributed by atoms with E-state index in [1.165, 1.54) is 10.4 Å². The van der Waals surface area contributed by atoms with Gasteiger partial charge in [0.25, 0.3) is 0 Å². The molecule has 0 aliphatic carbocycles. The van der Waals surface area contributed by atoms with Gasteiger partial charge < -0.3 is 5.32 Å². The highest BCUT2D eigenvalue weighted by atomic mass is 35.5. The van der Waals surface area contributed by atoms with Crippen molar-refractivity contribution < 1.29 is 8.42 Å². The van der Waals surface area contributed by atoms with Crippen LogP contribution in [-0.4, -0.2) is 38.4 Å². The summed E-state index contributed by atoms with van der Waals surface area (Å²) >= 11 is 12.8. The summed E-state index contributed by atoms with van der Waals surface area (Å²) in [7, 11) is -3.53. The molecule has 0 radical (unpaired) electrons. The normalized spacial score (nSPS) is 22.9. The number of sulfonamides is 1. The minimum atomic E-state index is -3.53. The summed E-state index contributed by atoms with van der Waals surface area (Å²) < 4.78 is 26.9. The third kappa shape index (κ3) is 2.62. The fraction of sp³-hybridized carbons (Fsp3) is 0.556. The van der Waals surface area contributed by atoms with Gasteiger partial charge in [-0.2, -0.15) is 4.31 Å². The number of nitrogens with one attached hydrogen (secondary N) is 1. The third-order valence-electron chi connectivity index (χ3n) is 2.65. The Kier molecular flexibility index (Phi) is 4.02. The van der Waals surface area contributed by atoms with Crippen LogP contribution < -0.4 is 5.32 Å². The predicted molar refractivity (Wildman–Crippen MR) is 70.6 cm³/mol. The van der Waals surface area contributed by atoms with E-state index in [1.54, 1.807) is 0 Å². The largest absolute Gasteiger partial charge is 0.314 e. The molecule has 1 fully saturated rings. The molecule has 8 heteroatoms. The topological polar surface area (TPSA) is 49.4 Å². The number of rotatable bonds is 2. The van der Waals surface area contributed by atoms with Gasteiger partial charge in [-0.1, -0.05) is 23.2 Å². The number of piperazine rings is 1. The van der Waals surface area contributed by atoms with Gasteiger partial charge >= 0.3 is 0 Å². The lowest BCUT2D eigenvalue weighted by Gasteiger charge is -2.32. The number of halogens is 2. The molecule has 0 saturated carbocycles. The molecule has 1 aliphatic heterocycles. The van der Waals surface area contributed by atoms with Crippen LogP contribution in [0.1, 0.15) is 6.92 Å². The minimum Gasteiger partial charge on any atom is -0.314 e. The van der Waals surface area contributed by atoms with Crippen LogP contribution >= 0.6 is 34.5 Å². The summed E-state index contributed by atoms with van der Waals surface area (Å²) in [6.07, 6.45) is 0. The van der Waals surface area contributed by atoms with E-state index in [2.05, 4.69) is 5.32 Å². The minimum absolute atomic E-state index is 0.0801. The SMILES string of the molecule is C[C@H]1CNCCN1S(=O)(=O)c1cc(Cl)sc1Cl. The second-order valence-electron chi connectivity index (χ2n) is 3.86. The number of hydrogen-bond donors (Lipinski definition) is 1. The highest BCUT2D eigenvalue weighted by Crippen LogP contribution is 2.36. The summed E-state index contributed by atoms with van der Waals surface area (Å²) in [6.45, 7) is 3.62. The molecule has 0 bridgehead atoms. The Bertz CT molecular complexity index is 515. The molecule has 1 atom stereocenters. The Hall–Kier alpha value is 0.150. The lowest BCUT2D eigenvalue weighted by atomic mass is 10.3. The molecule has 0 unspecified atom stereocenters. The van der Waals surface area contributed by atoms with Gasteiger partial charge in [-0.15, -0.1) is 11.3 Å². The Morgan fingerprint density at radius 1 is 1.53 bits per heavy atom. The smallest absolute Gasteiger partial charge is 0.245 e. The number of hydrogen-bond acceptors (Lipinski definition) is 4. The van der Waals surface area contributed by atoms with Crippen molar-refractivity contribution >= 4 is 44.6 Å². The summed E-state index contributed by atoms with van der Waals surface area (Å²) in [5, 5.41) is 3.15. The van der Waals surface area contributed by atoms with E-state index in [4.69, 9.17) is 23.2 Å². The zero-order valence-electron chi connectivity index (χ0n) is 9.11. The third-order valence-corrected chi connectivity index (χ3v) is 6.42. The molecule has 17 heavy (non-hydrogen) atoms. The molecule has 1 aromatic rings. The Morgan fingerprint density at radius 2 is 2.24 bits per heavy atom. The van der Waals surface area contributed by atoms with E-state index in [1.807, 2.05) is 6.92 Å². The van der Waals surface area contributed by atoms with Crippen molar-refractivity contribution in [3.05, 3.63) is 14.7 Å². The van der Waals surface area contributed by atoms with Crippen molar-refractivity contribution in [2.45, 2.75) is 17.9 Å². The lowest BCUT2D eigenvalue weighted by molar-refractivity contribution is 0.284. The zero-order chi connectivity index (χ0) is 12.6. The fourth-order valence-electron chi connectivity index (χ4n) is 1.81. The van der Waals surface area contributed by atoms with Crippen LogP contribution in [0, 0.1) is 0 Å². The molecule has 1 aliphatic rings. The zero-order valence-corrected chi connectivity index (χ0v) is 12.3. The first-order valence-electron chi connectivity index (χ1n) is 5.10. The first kappa shape index (κ1) is 13.6. The standard InChI is InChI=1S/C9H12Cl2N2O2S2/c1-6-5-12-2-3-13(6)17(14,15)7-4-8(10)16-9(7)11/h4,6,12H,2-3,5H2,1H3/t6-/m0/s1. The van der Waals surface area contributed by atoms with Crippen LogP contribution in [0.2, 0.25) is 8.67 Å². The van der Waals surface area contributed by atoms with Gasteiger partial charge in [-0.3, -0.25) is 0 Å². The highest BCUT2D eigenvalue weighted by Gasteiger charge is 2.33. The first-order valence-corrected chi connectivity index (χ1v) is 8.11. The van der Waals surface area contributed by atoms with Gasteiger partial charge in [-0.05, 0) is 13.0 Å². The maximum atomic E-state index is 12.4. The van der Waals surface area contributed by atoms with Crippen molar-refractivity contribution in [2.75, 3.05) is 19.6 Å². The summed E-state index contributed by atoms with van der Waals surface area (Å²) in [4.78, 5) is 0.114. The van der Waals surface area contributed by atoms with Crippen LogP contribution in [0.3, 0.4) is 0 Å². The molecule has 96 valence electrons. The molecule has 0 aromatic carbocycles. The first-order chi connectivity index (χ1) is 7.93. The van der Waals surface area contributed by atoms with Gasteiger partial charge in [-0.25, -0.2) is 8.42 Å². The maximum absolute atomic E-state index is 12.4. The van der Waals surface area contributed by atoms with Gasteiger partial charge in [0.05, 0.1) is 4.34 Å². The predicted octanol–water partition coefficient (Wildman–Crippen LogP) is 2.04. The molecule has 1 N–H and O–H groups in total. The Morgan fingerprint density at radius 3 is 2.76 bits per heavy atom. The van der Waals surface area contributed by atoms with Gasteiger partial charge in [0.1, 0.15) is 9.23 Å². The summed E-state index contributed by atoms with van der Waals surface area (Å²) in [5.41, 5.74) is 0. The van der Waals surface area contributed by atoms with Gasteiger partial charge in [0.15, 0.2) is 0 Å². The summed E-state index contributed by atoms with van der Waals surface area (Å²) in [5.74, 6) is 0. The van der Waals surface area contributed by atoms with E-state index in [0.717, 1.165) is 11.3 Å². The van der Waals surface area contributed by atoms with Crippen molar-refractivity contribution in [3.8, 4) is 0 Å². The second kappa shape index (κ2) is 5.03. The lowest BCUT2D eigenvalue weighted by Crippen LogP contribution is -2.52. The van der Waals surface area contributed by atoms with E-state index in [9.17, 15) is 8.42 Å². The molecule has 0 spiro atoms. The molecule has 2 rings (SSSR count). The molecule has 1 aromatic heterocycles. The van der Waals surface area contributed by atoms with Crippen LogP contribution in [0.5, 0.6) is 0 Å². The molecular formula is C9H12Cl2N2O2S2. The van der Waals surface area contributed by atoms with Crippen molar-refractivity contribution in [1.29, 1.82) is 0 Å². The number of nitrogens with zero attached hydrogens (tertiary/aromatic N) is 1. The van der Waals surface area contributed by atoms with E-state index >= 15 is 0 Å². The molecule has 4 nitrogen and oxygen atoms in total. The van der Waals surface area contributed by atoms with Crippen molar-refractivity contribution in [1.82, 2.24) is 9.62 Å². The molecule has 2 heterocycles. The van der Waals surface area contributed by atoms with Crippen LogP contribution in [0.15, 0.2) is 11.0 Å². The van der Waals surface area contributed by atoms with Crippen molar-refractivity contribution in [2.24, 2.45) is 0 Å². The Labute approximate surface area is 115 Å². The molecule has 1 saturated heterocycles. The van der Waals surface area contributed by atoms with E-state index in [0.29, 0.717) is 24.0 Å². The number of thiophene rings is 1. The average molecular weight is 315 g/mol. The molecular weight excluding hydrogens is 303 g/mol. The van der Waals surface area contributed by atoms with Crippen LogP contribution in [0.4, 0.5) is 0 Å². The quantitative estimate of drug-likeness (QED) is 0.908. The van der Waals surface area contributed by atoms with Crippen molar-refractivity contribution in [3.63, 3.8) is 0 Å². The van der Waals surface area contributed by atoms with E-state index < -0.39 is 10.0 Å². The highest BCUT2D eigenvalue weighted by molar-refractivity contribution is 7.89. The molecule has 0 amide bonds. The fourth-order valence-corrected chi connectivity index (χ4v) is 5.55. The van der Waals surface area contributed by atoms with Crippen LogP contribution in [-0.2, 0) is 10.0 Å². The second-order valence-corrected chi connectivity index (χ2v) is 8.00. The monoisotopic (exact) mass is 314 g/mol. The Balaban J connectivity index is 2.39.